The average Bonchev–Trinajstić information content (AvgIpc) is 2.25. The fraction of sp³-hybridized carbons (Fsp3) is 0.600. The fourth-order valence-corrected chi connectivity index (χ4v) is 1.94. The molecule has 0 fully saturated rings. The Kier molecular flexibility index (Phi) is 5.25. The predicted molar refractivity (Wildman–Crippen MR) is 64.3 cm³/mol. The lowest BCUT2D eigenvalue weighted by Crippen LogP contribution is -2.26. The standard InChI is InChI=1S/C10H14Cl2N2O2/c1-3-7(4-5-16-2)14-6-8(11)13-9(12)10(14)15/h6-7H,3-5H2,1-2H3. The van der Waals surface area contributed by atoms with E-state index in [0.717, 1.165) is 12.8 Å². The Bertz CT molecular complexity index is 406. The van der Waals surface area contributed by atoms with Crippen molar-refractivity contribution in [1.29, 1.82) is 0 Å². The average molecular weight is 265 g/mol. The maximum atomic E-state index is 11.8. The second-order valence-electron chi connectivity index (χ2n) is 3.41. The lowest BCUT2D eigenvalue weighted by molar-refractivity contribution is 0.176. The molecule has 0 aliphatic heterocycles. The van der Waals surface area contributed by atoms with E-state index in [4.69, 9.17) is 27.9 Å². The van der Waals surface area contributed by atoms with Crippen LogP contribution in [0.4, 0.5) is 0 Å². The van der Waals surface area contributed by atoms with Crippen LogP contribution in [-0.2, 0) is 4.74 Å². The van der Waals surface area contributed by atoms with E-state index in [1.54, 1.807) is 7.11 Å². The van der Waals surface area contributed by atoms with Crippen molar-refractivity contribution < 1.29 is 4.74 Å². The van der Waals surface area contributed by atoms with Gasteiger partial charge in [0.1, 0.15) is 5.15 Å². The van der Waals surface area contributed by atoms with Gasteiger partial charge in [-0.15, -0.1) is 0 Å². The molecule has 0 radical (unpaired) electrons. The van der Waals surface area contributed by atoms with Gasteiger partial charge in [-0.3, -0.25) is 4.79 Å². The Morgan fingerprint density at radius 1 is 1.56 bits per heavy atom. The van der Waals surface area contributed by atoms with E-state index in [9.17, 15) is 4.79 Å². The summed E-state index contributed by atoms with van der Waals surface area (Å²) in [5.74, 6) is 0. The van der Waals surface area contributed by atoms with Crippen molar-refractivity contribution in [3.05, 3.63) is 26.9 Å². The van der Waals surface area contributed by atoms with Crippen LogP contribution in [-0.4, -0.2) is 23.3 Å². The molecule has 0 aliphatic rings. The molecule has 1 unspecified atom stereocenters. The summed E-state index contributed by atoms with van der Waals surface area (Å²) >= 11 is 11.5. The molecule has 6 heteroatoms. The normalized spacial score (nSPS) is 12.8. The second-order valence-corrected chi connectivity index (χ2v) is 4.16. The molecule has 0 aromatic carbocycles. The molecule has 0 saturated heterocycles. The zero-order chi connectivity index (χ0) is 12.1. The van der Waals surface area contributed by atoms with E-state index in [0.29, 0.717) is 6.61 Å². The topological polar surface area (TPSA) is 44.1 Å². The van der Waals surface area contributed by atoms with E-state index in [1.807, 2.05) is 6.92 Å². The summed E-state index contributed by atoms with van der Waals surface area (Å²) in [6.45, 7) is 2.58. The highest BCUT2D eigenvalue weighted by molar-refractivity contribution is 6.32. The van der Waals surface area contributed by atoms with Gasteiger partial charge in [-0.2, -0.15) is 0 Å². The van der Waals surface area contributed by atoms with E-state index >= 15 is 0 Å². The molecule has 1 rings (SSSR count). The van der Waals surface area contributed by atoms with Crippen molar-refractivity contribution in [2.45, 2.75) is 25.8 Å². The van der Waals surface area contributed by atoms with Crippen molar-refractivity contribution in [1.82, 2.24) is 9.55 Å². The molecule has 0 N–H and O–H groups in total. The molecular weight excluding hydrogens is 251 g/mol. The van der Waals surface area contributed by atoms with Crippen LogP contribution < -0.4 is 5.56 Å². The summed E-state index contributed by atoms with van der Waals surface area (Å²) in [5.41, 5.74) is -0.311. The Hall–Kier alpha value is -0.580. The monoisotopic (exact) mass is 264 g/mol. The summed E-state index contributed by atoms with van der Waals surface area (Å²) in [4.78, 5) is 15.5. The largest absolute Gasteiger partial charge is 0.385 e. The first-order valence-electron chi connectivity index (χ1n) is 5.03. The smallest absolute Gasteiger partial charge is 0.288 e. The molecule has 0 bridgehead atoms. The number of aromatic nitrogens is 2. The minimum absolute atomic E-state index is 0.0328. The SMILES string of the molecule is CCC(CCOC)n1cc(Cl)nc(Cl)c1=O. The van der Waals surface area contributed by atoms with E-state index in [2.05, 4.69) is 4.98 Å². The number of methoxy groups -OCH3 is 1. The van der Waals surface area contributed by atoms with E-state index in [-0.39, 0.29) is 21.9 Å². The zero-order valence-electron chi connectivity index (χ0n) is 9.24. The third-order valence-electron chi connectivity index (χ3n) is 2.38. The molecule has 0 aliphatic carbocycles. The van der Waals surface area contributed by atoms with Gasteiger partial charge in [-0.25, -0.2) is 4.98 Å². The van der Waals surface area contributed by atoms with E-state index in [1.165, 1.54) is 10.8 Å². The van der Waals surface area contributed by atoms with Crippen molar-refractivity contribution >= 4 is 23.2 Å². The summed E-state index contributed by atoms with van der Waals surface area (Å²) in [6, 6.07) is 0.0328. The van der Waals surface area contributed by atoms with Crippen LogP contribution in [0.2, 0.25) is 10.3 Å². The number of halogens is 2. The van der Waals surface area contributed by atoms with Crippen molar-refractivity contribution in [3.8, 4) is 0 Å². The van der Waals surface area contributed by atoms with Crippen LogP contribution in [0.5, 0.6) is 0 Å². The molecule has 1 aromatic heterocycles. The van der Waals surface area contributed by atoms with Gasteiger partial charge in [0.25, 0.3) is 5.56 Å². The van der Waals surface area contributed by atoms with Crippen molar-refractivity contribution in [3.63, 3.8) is 0 Å². The molecule has 1 heterocycles. The van der Waals surface area contributed by atoms with Gasteiger partial charge < -0.3 is 9.30 Å². The van der Waals surface area contributed by atoms with Gasteiger partial charge in [0, 0.05) is 26.0 Å². The number of hydrogen-bond acceptors (Lipinski definition) is 3. The molecule has 1 aromatic rings. The summed E-state index contributed by atoms with van der Waals surface area (Å²) < 4.78 is 6.52. The van der Waals surface area contributed by atoms with Gasteiger partial charge in [0.2, 0.25) is 0 Å². The predicted octanol–water partition coefficient (Wildman–Crippen LogP) is 2.54. The Morgan fingerprint density at radius 2 is 2.25 bits per heavy atom. The Balaban J connectivity index is 3.04. The second kappa shape index (κ2) is 6.23. The van der Waals surface area contributed by atoms with Crippen LogP contribution in [0.3, 0.4) is 0 Å². The Labute approximate surface area is 104 Å². The quantitative estimate of drug-likeness (QED) is 0.821. The minimum atomic E-state index is -0.311. The molecule has 1 atom stereocenters. The zero-order valence-corrected chi connectivity index (χ0v) is 10.8. The molecular formula is C10H14Cl2N2O2. The van der Waals surface area contributed by atoms with Crippen LogP contribution in [0, 0.1) is 0 Å². The Morgan fingerprint density at radius 3 is 2.81 bits per heavy atom. The first kappa shape index (κ1) is 13.5. The summed E-state index contributed by atoms with van der Waals surface area (Å²) in [5, 5.41) is 0.129. The first-order chi connectivity index (χ1) is 7.60. The molecule has 0 spiro atoms. The molecule has 4 nitrogen and oxygen atoms in total. The maximum absolute atomic E-state index is 11.8. The fourth-order valence-electron chi connectivity index (χ4n) is 1.52. The summed E-state index contributed by atoms with van der Waals surface area (Å²) in [7, 11) is 1.63. The van der Waals surface area contributed by atoms with Gasteiger partial charge in [-0.1, -0.05) is 30.1 Å². The lowest BCUT2D eigenvalue weighted by Gasteiger charge is -2.17. The van der Waals surface area contributed by atoms with Crippen LogP contribution in [0.25, 0.3) is 0 Å². The van der Waals surface area contributed by atoms with Gasteiger partial charge in [0.15, 0.2) is 5.15 Å². The van der Waals surface area contributed by atoms with Crippen LogP contribution in [0.1, 0.15) is 25.8 Å². The maximum Gasteiger partial charge on any atom is 0.288 e. The van der Waals surface area contributed by atoms with E-state index < -0.39 is 0 Å². The number of rotatable bonds is 5. The molecule has 0 saturated carbocycles. The van der Waals surface area contributed by atoms with Crippen LogP contribution in [0.15, 0.2) is 11.0 Å². The van der Waals surface area contributed by atoms with Crippen molar-refractivity contribution in [2.24, 2.45) is 0 Å². The lowest BCUT2D eigenvalue weighted by atomic mass is 10.1. The number of nitrogens with zero attached hydrogens (tertiary/aromatic N) is 2. The first-order valence-corrected chi connectivity index (χ1v) is 5.78. The van der Waals surface area contributed by atoms with Gasteiger partial charge in [0.05, 0.1) is 0 Å². The molecule has 16 heavy (non-hydrogen) atoms. The third-order valence-corrected chi connectivity index (χ3v) is 2.81. The minimum Gasteiger partial charge on any atom is -0.385 e. The molecule has 0 amide bonds. The third kappa shape index (κ3) is 3.20. The van der Waals surface area contributed by atoms with Crippen LogP contribution >= 0.6 is 23.2 Å². The van der Waals surface area contributed by atoms with Crippen molar-refractivity contribution in [2.75, 3.05) is 13.7 Å². The number of ether oxygens (including phenoxy) is 1. The number of hydrogen-bond donors (Lipinski definition) is 0. The van der Waals surface area contributed by atoms with Gasteiger partial charge >= 0.3 is 0 Å². The highest BCUT2D eigenvalue weighted by atomic mass is 35.5. The summed E-state index contributed by atoms with van der Waals surface area (Å²) in [6.07, 6.45) is 3.06. The molecule has 90 valence electrons. The highest BCUT2D eigenvalue weighted by Gasteiger charge is 2.13. The van der Waals surface area contributed by atoms with Gasteiger partial charge in [-0.05, 0) is 12.8 Å². The highest BCUT2D eigenvalue weighted by Crippen LogP contribution is 2.16.